The van der Waals surface area contributed by atoms with Crippen LogP contribution in [0.1, 0.15) is 32.3 Å². The minimum absolute atomic E-state index is 0.0330. The number of likely N-dealkylation sites (tertiary alicyclic amines) is 1. The van der Waals surface area contributed by atoms with Gasteiger partial charge in [0.25, 0.3) is 5.69 Å². The number of hydrogen-bond donors (Lipinski definition) is 1. The van der Waals surface area contributed by atoms with Crippen molar-refractivity contribution in [1.29, 1.82) is 0 Å². The van der Waals surface area contributed by atoms with Crippen LogP contribution in [0.5, 0.6) is 0 Å². The third kappa shape index (κ3) is 5.22. The topological polar surface area (TPSA) is 84.7 Å². The molecule has 0 saturated carbocycles. The molecule has 1 amide bonds. The van der Waals surface area contributed by atoms with Crippen LogP contribution in [0.3, 0.4) is 0 Å². The zero-order chi connectivity index (χ0) is 18.6. The molecule has 138 valence electrons. The summed E-state index contributed by atoms with van der Waals surface area (Å²) < 4.78 is 5.24. The van der Waals surface area contributed by atoms with Crippen molar-refractivity contribution in [3.8, 4) is 0 Å². The van der Waals surface area contributed by atoms with Gasteiger partial charge in [-0.25, -0.2) is 4.79 Å². The van der Waals surface area contributed by atoms with Crippen molar-refractivity contribution < 1.29 is 14.5 Å². The molecule has 1 saturated heterocycles. The number of nitro benzene ring substituents is 1. The Bertz CT molecular complexity index is 643. The second-order valence-electron chi connectivity index (χ2n) is 6.75. The van der Waals surface area contributed by atoms with Crippen LogP contribution < -0.4 is 5.32 Å². The molecule has 1 aliphatic rings. The zero-order valence-electron chi connectivity index (χ0n) is 14.8. The Balaban J connectivity index is 1.95. The lowest BCUT2D eigenvalue weighted by Gasteiger charge is -2.32. The summed E-state index contributed by atoms with van der Waals surface area (Å²) in [5.74, 6) is 0.303. The van der Waals surface area contributed by atoms with Crippen LogP contribution in [0.25, 0.3) is 0 Å². The van der Waals surface area contributed by atoms with Gasteiger partial charge in [0.1, 0.15) is 5.69 Å². The monoisotopic (exact) mass is 369 g/mol. The fraction of sp³-hybridized carbons (Fsp3) is 0.588. The molecule has 0 spiro atoms. The molecule has 1 aromatic rings. The molecule has 25 heavy (non-hydrogen) atoms. The van der Waals surface area contributed by atoms with Gasteiger partial charge < -0.3 is 15.0 Å². The number of aryl methyl sites for hydroxylation is 1. The maximum Gasteiger partial charge on any atom is 0.409 e. The SMILES string of the molecule is Cc1cc(NC2CCN(C(=O)OCC(C)C)CC2)c([N+](=O)[O-])cc1Cl. The molecule has 0 atom stereocenters. The number of amides is 1. The van der Waals surface area contributed by atoms with E-state index >= 15 is 0 Å². The minimum atomic E-state index is -0.438. The number of rotatable bonds is 5. The van der Waals surface area contributed by atoms with E-state index < -0.39 is 4.92 Å². The molecular formula is C17H24ClN3O4. The lowest BCUT2D eigenvalue weighted by atomic mass is 10.0. The Morgan fingerprint density at radius 2 is 2.08 bits per heavy atom. The second-order valence-corrected chi connectivity index (χ2v) is 7.16. The smallest absolute Gasteiger partial charge is 0.409 e. The van der Waals surface area contributed by atoms with Gasteiger partial charge in [-0.2, -0.15) is 0 Å². The number of anilines is 1. The second kappa shape index (κ2) is 8.38. The quantitative estimate of drug-likeness (QED) is 0.620. The highest BCUT2D eigenvalue weighted by molar-refractivity contribution is 6.31. The highest BCUT2D eigenvalue weighted by Gasteiger charge is 2.26. The first kappa shape index (κ1) is 19.3. The molecule has 1 N–H and O–H groups in total. The summed E-state index contributed by atoms with van der Waals surface area (Å²) in [7, 11) is 0. The van der Waals surface area contributed by atoms with Crippen LogP contribution in [0.15, 0.2) is 12.1 Å². The highest BCUT2D eigenvalue weighted by Crippen LogP contribution is 2.32. The van der Waals surface area contributed by atoms with Gasteiger partial charge in [-0.15, -0.1) is 0 Å². The van der Waals surface area contributed by atoms with Crippen LogP contribution >= 0.6 is 11.6 Å². The van der Waals surface area contributed by atoms with E-state index in [0.717, 1.165) is 5.56 Å². The molecule has 0 unspecified atom stereocenters. The highest BCUT2D eigenvalue weighted by atomic mass is 35.5. The number of nitro groups is 1. The first-order valence-corrected chi connectivity index (χ1v) is 8.78. The first-order chi connectivity index (χ1) is 11.8. The molecule has 2 rings (SSSR count). The zero-order valence-corrected chi connectivity index (χ0v) is 15.5. The van der Waals surface area contributed by atoms with Crippen molar-refractivity contribution in [3.63, 3.8) is 0 Å². The van der Waals surface area contributed by atoms with Gasteiger partial charge in [0.05, 0.1) is 16.6 Å². The predicted molar refractivity (Wildman–Crippen MR) is 97.2 cm³/mol. The molecule has 7 nitrogen and oxygen atoms in total. The molecule has 0 aliphatic carbocycles. The number of carbonyl (C=O) groups is 1. The minimum Gasteiger partial charge on any atom is -0.449 e. The number of hydrogen-bond acceptors (Lipinski definition) is 5. The molecular weight excluding hydrogens is 346 g/mol. The van der Waals surface area contributed by atoms with E-state index in [2.05, 4.69) is 5.32 Å². The molecule has 1 aromatic carbocycles. The molecule has 0 aromatic heterocycles. The van der Waals surface area contributed by atoms with Gasteiger partial charge >= 0.3 is 6.09 Å². The number of carbonyl (C=O) groups excluding carboxylic acids is 1. The first-order valence-electron chi connectivity index (χ1n) is 8.40. The van der Waals surface area contributed by atoms with Crippen molar-refractivity contribution in [2.45, 2.75) is 39.7 Å². The number of ether oxygens (including phenoxy) is 1. The number of piperidine rings is 1. The number of nitrogens with one attached hydrogen (secondary N) is 1. The largest absolute Gasteiger partial charge is 0.449 e. The Morgan fingerprint density at radius 3 is 2.64 bits per heavy atom. The number of benzene rings is 1. The lowest BCUT2D eigenvalue weighted by Crippen LogP contribution is -2.43. The predicted octanol–water partition coefficient (Wildman–Crippen LogP) is 4.23. The van der Waals surface area contributed by atoms with Crippen LogP contribution in [-0.4, -0.2) is 41.7 Å². The van der Waals surface area contributed by atoms with Gasteiger partial charge in [-0.1, -0.05) is 25.4 Å². The summed E-state index contributed by atoms with van der Waals surface area (Å²) in [6.07, 6.45) is 1.12. The van der Waals surface area contributed by atoms with Crippen molar-refractivity contribution >= 4 is 29.1 Å². The molecule has 1 heterocycles. The summed E-state index contributed by atoms with van der Waals surface area (Å²) in [5.41, 5.74) is 1.21. The average molecular weight is 370 g/mol. The maximum atomic E-state index is 12.0. The molecule has 8 heteroatoms. The van der Waals surface area contributed by atoms with Crippen LogP contribution in [0.2, 0.25) is 5.02 Å². The van der Waals surface area contributed by atoms with E-state index in [-0.39, 0.29) is 17.8 Å². The normalized spacial score (nSPS) is 15.3. The van der Waals surface area contributed by atoms with Crippen molar-refractivity contribution in [3.05, 3.63) is 32.8 Å². The molecule has 1 aliphatic heterocycles. The third-order valence-electron chi connectivity index (χ3n) is 4.13. The lowest BCUT2D eigenvalue weighted by molar-refractivity contribution is -0.384. The van der Waals surface area contributed by atoms with Crippen molar-refractivity contribution in [1.82, 2.24) is 4.90 Å². The number of nitrogens with zero attached hydrogens (tertiary/aromatic N) is 2. The standard InChI is InChI=1S/C17H24ClN3O4/c1-11(2)10-25-17(22)20-6-4-13(5-7-20)19-15-8-12(3)14(18)9-16(15)21(23)24/h8-9,11,13,19H,4-7,10H2,1-3H3. The molecule has 0 bridgehead atoms. The average Bonchev–Trinajstić information content (AvgIpc) is 2.56. The maximum absolute atomic E-state index is 12.0. The summed E-state index contributed by atoms with van der Waals surface area (Å²) in [6.45, 7) is 7.33. The summed E-state index contributed by atoms with van der Waals surface area (Å²) in [5, 5.41) is 14.8. The Hall–Kier alpha value is -2.02. The van der Waals surface area contributed by atoms with E-state index in [1.165, 1.54) is 6.07 Å². The van der Waals surface area contributed by atoms with Gasteiger partial charge in [0.2, 0.25) is 0 Å². The molecule has 0 radical (unpaired) electrons. The summed E-state index contributed by atoms with van der Waals surface area (Å²) in [6, 6.07) is 3.13. The van der Waals surface area contributed by atoms with Crippen molar-refractivity contribution in [2.24, 2.45) is 5.92 Å². The number of halogens is 1. The van der Waals surface area contributed by atoms with Crippen LogP contribution in [0.4, 0.5) is 16.2 Å². The van der Waals surface area contributed by atoms with Crippen molar-refractivity contribution in [2.75, 3.05) is 25.0 Å². The Morgan fingerprint density at radius 1 is 1.44 bits per heavy atom. The summed E-state index contributed by atoms with van der Waals surface area (Å²) >= 11 is 5.99. The Kier molecular flexibility index (Phi) is 6.47. The van der Waals surface area contributed by atoms with E-state index in [9.17, 15) is 14.9 Å². The van der Waals surface area contributed by atoms with E-state index in [0.29, 0.717) is 49.2 Å². The van der Waals surface area contributed by atoms with Gasteiger partial charge in [-0.3, -0.25) is 10.1 Å². The molecule has 1 fully saturated rings. The van der Waals surface area contributed by atoms with Gasteiger partial charge in [-0.05, 0) is 37.3 Å². The fourth-order valence-corrected chi connectivity index (χ4v) is 2.85. The fourth-order valence-electron chi connectivity index (χ4n) is 2.69. The third-order valence-corrected chi connectivity index (χ3v) is 4.53. The van der Waals surface area contributed by atoms with E-state index in [1.54, 1.807) is 11.0 Å². The van der Waals surface area contributed by atoms with E-state index in [4.69, 9.17) is 16.3 Å². The van der Waals surface area contributed by atoms with Crippen LogP contribution in [-0.2, 0) is 4.74 Å². The summed E-state index contributed by atoms with van der Waals surface area (Å²) in [4.78, 5) is 24.4. The Labute approximate surface area is 152 Å². The van der Waals surface area contributed by atoms with E-state index in [1.807, 2.05) is 20.8 Å². The van der Waals surface area contributed by atoms with Crippen LogP contribution in [0, 0.1) is 23.0 Å². The van der Waals surface area contributed by atoms with Gasteiger partial charge in [0, 0.05) is 25.2 Å². The van der Waals surface area contributed by atoms with Gasteiger partial charge in [0.15, 0.2) is 0 Å².